The van der Waals surface area contributed by atoms with Gasteiger partial charge in [0.25, 0.3) is 0 Å². The molecule has 0 aliphatic rings. The van der Waals surface area contributed by atoms with Crippen molar-refractivity contribution in [3.63, 3.8) is 0 Å². The van der Waals surface area contributed by atoms with E-state index in [9.17, 15) is 9.90 Å². The van der Waals surface area contributed by atoms with Crippen LogP contribution in [0.15, 0.2) is 57.7 Å². The predicted molar refractivity (Wildman–Crippen MR) is 92.5 cm³/mol. The fraction of sp³-hybridized carbons (Fsp3) is 0.222. The van der Waals surface area contributed by atoms with E-state index in [1.165, 1.54) is 11.3 Å². The molecule has 1 amide bonds. The van der Waals surface area contributed by atoms with Crippen LogP contribution in [0.4, 0.5) is 0 Å². The average Bonchev–Trinajstić information content (AvgIpc) is 3.26. The van der Waals surface area contributed by atoms with Gasteiger partial charge in [0.1, 0.15) is 5.60 Å². The van der Waals surface area contributed by atoms with Gasteiger partial charge in [-0.2, -0.15) is 11.3 Å². The number of aromatic nitrogens is 1. The van der Waals surface area contributed by atoms with E-state index in [2.05, 4.69) is 10.5 Å². The number of carbonyl (C=O) groups excluding carboxylic acids is 1. The first-order chi connectivity index (χ1) is 11.5. The van der Waals surface area contributed by atoms with E-state index in [-0.39, 0.29) is 18.9 Å². The van der Waals surface area contributed by atoms with Gasteiger partial charge in [0, 0.05) is 11.6 Å². The summed E-state index contributed by atoms with van der Waals surface area (Å²) in [6, 6.07) is 13.2. The van der Waals surface area contributed by atoms with Crippen LogP contribution in [0.1, 0.15) is 18.2 Å². The van der Waals surface area contributed by atoms with Gasteiger partial charge in [-0.25, -0.2) is 0 Å². The summed E-state index contributed by atoms with van der Waals surface area (Å²) in [5.41, 5.74) is 1.17. The van der Waals surface area contributed by atoms with Crippen LogP contribution < -0.4 is 5.32 Å². The van der Waals surface area contributed by atoms with Crippen LogP contribution in [0.25, 0.3) is 11.3 Å². The lowest BCUT2D eigenvalue weighted by Gasteiger charge is -2.22. The van der Waals surface area contributed by atoms with E-state index in [1.54, 1.807) is 13.0 Å². The number of benzene rings is 1. The molecular weight excluding hydrogens is 324 g/mol. The van der Waals surface area contributed by atoms with Crippen LogP contribution in [0.5, 0.6) is 0 Å². The molecule has 1 aromatic carbocycles. The molecule has 5 nitrogen and oxygen atoms in total. The second-order valence-corrected chi connectivity index (χ2v) is 6.57. The molecule has 0 aliphatic heterocycles. The van der Waals surface area contributed by atoms with E-state index in [0.29, 0.717) is 11.5 Å². The Hall–Kier alpha value is -2.44. The number of aliphatic hydroxyl groups is 1. The highest BCUT2D eigenvalue weighted by Crippen LogP contribution is 2.22. The molecule has 24 heavy (non-hydrogen) atoms. The number of hydrogen-bond acceptors (Lipinski definition) is 5. The van der Waals surface area contributed by atoms with Crippen molar-refractivity contribution in [1.29, 1.82) is 0 Å². The molecule has 6 heteroatoms. The summed E-state index contributed by atoms with van der Waals surface area (Å²) in [6.45, 7) is 1.82. The number of rotatable bonds is 6. The molecule has 0 radical (unpaired) electrons. The van der Waals surface area contributed by atoms with Crippen molar-refractivity contribution >= 4 is 17.2 Å². The molecule has 0 saturated carbocycles. The molecule has 2 N–H and O–H groups in total. The van der Waals surface area contributed by atoms with Crippen molar-refractivity contribution in [3.05, 3.63) is 64.5 Å². The quantitative estimate of drug-likeness (QED) is 0.722. The van der Waals surface area contributed by atoms with Gasteiger partial charge in [-0.15, -0.1) is 0 Å². The molecule has 0 aliphatic carbocycles. The van der Waals surface area contributed by atoms with E-state index in [1.807, 2.05) is 47.2 Å². The van der Waals surface area contributed by atoms with Crippen molar-refractivity contribution in [2.45, 2.75) is 18.9 Å². The Balaban J connectivity index is 1.57. The first kappa shape index (κ1) is 16.4. The SMILES string of the molecule is CC(O)(CNC(=O)Cc1cc(-c2ccccc2)on1)c1ccsc1. The average molecular weight is 342 g/mol. The number of nitrogens with one attached hydrogen (secondary N) is 1. The Morgan fingerprint density at radius 2 is 2.12 bits per heavy atom. The maximum absolute atomic E-state index is 12.1. The third-order valence-electron chi connectivity index (χ3n) is 3.73. The first-order valence-electron chi connectivity index (χ1n) is 7.57. The van der Waals surface area contributed by atoms with Gasteiger partial charge in [-0.3, -0.25) is 4.79 Å². The van der Waals surface area contributed by atoms with Gasteiger partial charge in [0.15, 0.2) is 5.76 Å². The zero-order valence-electron chi connectivity index (χ0n) is 13.2. The van der Waals surface area contributed by atoms with Crippen LogP contribution in [-0.4, -0.2) is 22.7 Å². The maximum Gasteiger partial charge on any atom is 0.226 e. The minimum Gasteiger partial charge on any atom is -0.384 e. The molecular formula is C18H18N2O3S. The molecule has 2 heterocycles. The minimum atomic E-state index is -1.09. The predicted octanol–water partition coefficient (Wildman–Crippen LogP) is 2.97. The molecule has 0 spiro atoms. The second kappa shape index (κ2) is 6.98. The highest BCUT2D eigenvalue weighted by molar-refractivity contribution is 7.08. The molecule has 3 rings (SSSR count). The molecule has 2 aromatic heterocycles. The highest BCUT2D eigenvalue weighted by atomic mass is 32.1. The number of thiophene rings is 1. The minimum absolute atomic E-state index is 0.107. The number of hydrogen-bond donors (Lipinski definition) is 2. The van der Waals surface area contributed by atoms with Gasteiger partial charge in [0.05, 0.1) is 18.7 Å². The fourth-order valence-corrected chi connectivity index (χ4v) is 3.09. The summed E-state index contributed by atoms with van der Waals surface area (Å²) in [6.07, 6.45) is 0.107. The van der Waals surface area contributed by atoms with Crippen LogP contribution in [0, 0.1) is 0 Å². The van der Waals surface area contributed by atoms with E-state index in [4.69, 9.17) is 4.52 Å². The Kier molecular flexibility index (Phi) is 4.78. The van der Waals surface area contributed by atoms with Gasteiger partial charge in [0.2, 0.25) is 5.91 Å². The van der Waals surface area contributed by atoms with Crippen LogP contribution >= 0.6 is 11.3 Å². The van der Waals surface area contributed by atoms with Gasteiger partial charge in [-0.1, -0.05) is 35.5 Å². The lowest BCUT2D eigenvalue weighted by atomic mass is 9.99. The summed E-state index contributed by atoms with van der Waals surface area (Å²) in [7, 11) is 0. The molecule has 1 atom stereocenters. The summed E-state index contributed by atoms with van der Waals surface area (Å²) in [5.74, 6) is 0.419. The zero-order chi connectivity index (χ0) is 17.0. The Morgan fingerprint density at radius 3 is 2.83 bits per heavy atom. The maximum atomic E-state index is 12.1. The smallest absolute Gasteiger partial charge is 0.226 e. The molecule has 0 fully saturated rings. The van der Waals surface area contributed by atoms with Crippen LogP contribution in [-0.2, 0) is 16.8 Å². The molecule has 3 aromatic rings. The van der Waals surface area contributed by atoms with Gasteiger partial charge < -0.3 is 14.9 Å². The van der Waals surface area contributed by atoms with E-state index < -0.39 is 5.60 Å². The van der Waals surface area contributed by atoms with Crippen LogP contribution in [0.3, 0.4) is 0 Å². The lowest BCUT2D eigenvalue weighted by Crippen LogP contribution is -2.39. The van der Waals surface area contributed by atoms with Gasteiger partial charge >= 0.3 is 0 Å². The Morgan fingerprint density at radius 1 is 1.33 bits per heavy atom. The van der Waals surface area contributed by atoms with E-state index >= 15 is 0 Å². The second-order valence-electron chi connectivity index (χ2n) is 5.79. The lowest BCUT2D eigenvalue weighted by molar-refractivity contribution is -0.121. The third kappa shape index (κ3) is 3.90. The first-order valence-corrected chi connectivity index (χ1v) is 8.52. The Bertz CT molecular complexity index is 795. The summed E-state index contributed by atoms with van der Waals surface area (Å²) in [5, 5.41) is 20.8. The number of amides is 1. The number of carbonyl (C=O) groups is 1. The normalized spacial score (nSPS) is 13.4. The molecule has 124 valence electrons. The fourth-order valence-electron chi connectivity index (χ4n) is 2.30. The molecule has 0 saturated heterocycles. The van der Waals surface area contributed by atoms with Crippen molar-refractivity contribution in [3.8, 4) is 11.3 Å². The summed E-state index contributed by atoms with van der Waals surface area (Å²) >= 11 is 1.51. The molecule has 0 bridgehead atoms. The number of nitrogens with zero attached hydrogens (tertiary/aromatic N) is 1. The van der Waals surface area contributed by atoms with Crippen molar-refractivity contribution < 1.29 is 14.4 Å². The largest absolute Gasteiger partial charge is 0.384 e. The Labute approximate surface area is 143 Å². The van der Waals surface area contributed by atoms with Crippen molar-refractivity contribution in [2.75, 3.05) is 6.54 Å². The third-order valence-corrected chi connectivity index (χ3v) is 4.42. The van der Waals surface area contributed by atoms with Crippen molar-refractivity contribution in [2.24, 2.45) is 0 Å². The topological polar surface area (TPSA) is 75.4 Å². The standard InChI is InChI=1S/C18H18N2O3S/c1-18(22,14-7-8-24-11-14)12-19-17(21)10-15-9-16(23-20-15)13-5-3-2-4-6-13/h2-9,11,22H,10,12H2,1H3,(H,19,21). The summed E-state index contributed by atoms with van der Waals surface area (Å²) < 4.78 is 5.28. The van der Waals surface area contributed by atoms with Crippen LogP contribution in [0.2, 0.25) is 0 Å². The van der Waals surface area contributed by atoms with Crippen molar-refractivity contribution in [1.82, 2.24) is 10.5 Å². The highest BCUT2D eigenvalue weighted by Gasteiger charge is 2.24. The van der Waals surface area contributed by atoms with Gasteiger partial charge in [-0.05, 0) is 29.3 Å². The zero-order valence-corrected chi connectivity index (χ0v) is 14.0. The monoisotopic (exact) mass is 342 g/mol. The summed E-state index contributed by atoms with van der Waals surface area (Å²) in [4.78, 5) is 12.1. The van der Waals surface area contributed by atoms with E-state index in [0.717, 1.165) is 11.1 Å². The molecule has 1 unspecified atom stereocenters.